The van der Waals surface area contributed by atoms with E-state index in [9.17, 15) is 14.7 Å². The summed E-state index contributed by atoms with van der Waals surface area (Å²) < 4.78 is 10.9. The van der Waals surface area contributed by atoms with Gasteiger partial charge in [0.2, 0.25) is 0 Å². The van der Waals surface area contributed by atoms with Gasteiger partial charge in [0, 0.05) is 5.69 Å². The number of ketones is 1. The first-order chi connectivity index (χ1) is 15.9. The SMILES string of the molecule is COc1cccc(OC)c1/C(O)=C1\C(=O)C(=O)N(c2ccc(C)cc2C)C1c1ccccc1. The Morgan fingerprint density at radius 1 is 0.879 bits per heavy atom. The maximum absolute atomic E-state index is 13.4. The summed E-state index contributed by atoms with van der Waals surface area (Å²) in [4.78, 5) is 28.2. The molecular weight excluding hydrogens is 418 g/mol. The van der Waals surface area contributed by atoms with Crippen molar-refractivity contribution in [3.63, 3.8) is 0 Å². The molecule has 33 heavy (non-hydrogen) atoms. The smallest absolute Gasteiger partial charge is 0.300 e. The van der Waals surface area contributed by atoms with E-state index in [2.05, 4.69) is 0 Å². The third kappa shape index (κ3) is 3.74. The molecule has 1 fully saturated rings. The van der Waals surface area contributed by atoms with Crippen molar-refractivity contribution >= 4 is 23.1 Å². The zero-order chi connectivity index (χ0) is 23.7. The Kier molecular flexibility index (Phi) is 5.92. The number of Topliss-reactive ketones (excluding diaryl/α,β-unsaturated/α-hetero) is 1. The van der Waals surface area contributed by atoms with Crippen molar-refractivity contribution in [1.82, 2.24) is 0 Å². The molecule has 0 aromatic heterocycles. The first kappa shape index (κ1) is 22.1. The molecule has 0 aliphatic carbocycles. The monoisotopic (exact) mass is 443 g/mol. The number of ether oxygens (including phenoxy) is 2. The van der Waals surface area contributed by atoms with Gasteiger partial charge in [-0.1, -0.05) is 54.1 Å². The standard InChI is InChI=1S/C27H25NO5/c1-16-13-14-19(17(2)15-16)28-24(18-9-6-5-7-10-18)23(26(30)27(28)31)25(29)22-20(32-3)11-8-12-21(22)33-4/h5-15,24,29H,1-4H3/b25-23+. The highest BCUT2D eigenvalue weighted by Crippen LogP contribution is 2.45. The van der Waals surface area contributed by atoms with Crippen LogP contribution in [0.2, 0.25) is 0 Å². The van der Waals surface area contributed by atoms with Crippen LogP contribution in [0.15, 0.2) is 72.3 Å². The molecule has 1 aliphatic rings. The summed E-state index contributed by atoms with van der Waals surface area (Å²) in [7, 11) is 2.93. The van der Waals surface area contributed by atoms with Crippen molar-refractivity contribution < 1.29 is 24.2 Å². The zero-order valence-corrected chi connectivity index (χ0v) is 19.0. The van der Waals surface area contributed by atoms with Crippen LogP contribution in [0.25, 0.3) is 5.76 Å². The second-order valence-corrected chi connectivity index (χ2v) is 7.91. The summed E-state index contributed by atoms with van der Waals surface area (Å²) in [6.45, 7) is 3.86. The number of carbonyl (C=O) groups is 2. The van der Waals surface area contributed by atoms with Crippen molar-refractivity contribution in [2.45, 2.75) is 19.9 Å². The number of hydrogen-bond acceptors (Lipinski definition) is 5. The number of aryl methyl sites for hydroxylation is 2. The maximum Gasteiger partial charge on any atom is 0.300 e. The number of nitrogens with zero attached hydrogens (tertiary/aromatic N) is 1. The molecular formula is C27H25NO5. The number of aliphatic hydroxyl groups is 1. The van der Waals surface area contributed by atoms with Gasteiger partial charge in [0.25, 0.3) is 11.7 Å². The molecule has 6 nitrogen and oxygen atoms in total. The molecule has 1 amide bonds. The predicted octanol–water partition coefficient (Wildman–Crippen LogP) is 4.95. The zero-order valence-electron chi connectivity index (χ0n) is 19.0. The molecule has 3 aromatic carbocycles. The number of rotatable bonds is 5. The van der Waals surface area contributed by atoms with Gasteiger partial charge in [-0.25, -0.2) is 0 Å². The van der Waals surface area contributed by atoms with E-state index in [0.29, 0.717) is 22.7 Å². The molecule has 0 spiro atoms. The van der Waals surface area contributed by atoms with Crippen molar-refractivity contribution in [2.24, 2.45) is 0 Å². The normalized spacial score (nSPS) is 17.3. The fourth-order valence-electron chi connectivity index (χ4n) is 4.33. The molecule has 3 aromatic rings. The predicted molar refractivity (Wildman–Crippen MR) is 127 cm³/mol. The summed E-state index contributed by atoms with van der Waals surface area (Å²) in [5.41, 5.74) is 3.42. The molecule has 0 bridgehead atoms. The molecule has 168 valence electrons. The van der Waals surface area contributed by atoms with Crippen molar-refractivity contribution in [3.05, 3.63) is 94.6 Å². The van der Waals surface area contributed by atoms with Crippen LogP contribution in [0.5, 0.6) is 11.5 Å². The average Bonchev–Trinajstić information content (AvgIpc) is 3.09. The number of hydrogen-bond donors (Lipinski definition) is 1. The quantitative estimate of drug-likeness (QED) is 0.343. The number of amides is 1. The molecule has 1 N–H and O–H groups in total. The Balaban J connectivity index is 2.02. The summed E-state index contributed by atoms with van der Waals surface area (Å²) in [6, 6.07) is 19.1. The minimum atomic E-state index is -0.817. The molecule has 4 rings (SSSR count). The van der Waals surface area contributed by atoms with Crippen LogP contribution in [0.3, 0.4) is 0 Å². The molecule has 0 saturated carbocycles. The van der Waals surface area contributed by atoms with Crippen LogP contribution in [0.4, 0.5) is 5.69 Å². The number of carbonyl (C=O) groups excluding carboxylic acids is 2. The second kappa shape index (κ2) is 8.82. The van der Waals surface area contributed by atoms with E-state index in [1.165, 1.54) is 19.1 Å². The van der Waals surface area contributed by atoms with E-state index in [4.69, 9.17) is 9.47 Å². The Morgan fingerprint density at radius 3 is 2.09 bits per heavy atom. The average molecular weight is 443 g/mol. The Hall–Kier alpha value is -4.06. The lowest BCUT2D eigenvalue weighted by molar-refractivity contribution is -0.132. The highest BCUT2D eigenvalue weighted by Gasteiger charge is 2.47. The summed E-state index contributed by atoms with van der Waals surface area (Å²) in [5, 5.41) is 11.5. The van der Waals surface area contributed by atoms with Gasteiger partial charge >= 0.3 is 0 Å². The van der Waals surface area contributed by atoms with E-state index in [-0.39, 0.29) is 16.9 Å². The Bertz CT molecular complexity index is 1240. The van der Waals surface area contributed by atoms with Gasteiger partial charge in [0.05, 0.1) is 25.8 Å². The lowest BCUT2D eigenvalue weighted by atomic mass is 9.94. The van der Waals surface area contributed by atoms with E-state index in [1.807, 2.05) is 62.4 Å². The Labute approximate surface area is 192 Å². The fraction of sp³-hybridized carbons (Fsp3) is 0.185. The third-order valence-electron chi connectivity index (χ3n) is 5.84. The minimum absolute atomic E-state index is 0.0195. The van der Waals surface area contributed by atoms with Gasteiger partial charge in [-0.2, -0.15) is 0 Å². The Morgan fingerprint density at radius 2 is 1.52 bits per heavy atom. The van der Waals surface area contributed by atoms with Crippen molar-refractivity contribution in [2.75, 3.05) is 19.1 Å². The van der Waals surface area contributed by atoms with Crippen LogP contribution in [-0.2, 0) is 9.59 Å². The third-order valence-corrected chi connectivity index (χ3v) is 5.84. The highest BCUT2D eigenvalue weighted by atomic mass is 16.5. The van der Waals surface area contributed by atoms with Gasteiger partial charge in [-0.3, -0.25) is 14.5 Å². The van der Waals surface area contributed by atoms with E-state index in [0.717, 1.165) is 11.1 Å². The van der Waals surface area contributed by atoms with Crippen LogP contribution < -0.4 is 14.4 Å². The van der Waals surface area contributed by atoms with E-state index >= 15 is 0 Å². The van der Waals surface area contributed by atoms with Gasteiger partial charge in [-0.15, -0.1) is 0 Å². The highest BCUT2D eigenvalue weighted by molar-refractivity contribution is 6.51. The van der Waals surface area contributed by atoms with Crippen LogP contribution in [0.1, 0.15) is 28.3 Å². The molecule has 1 aliphatic heterocycles. The molecule has 1 saturated heterocycles. The largest absolute Gasteiger partial charge is 0.506 e. The minimum Gasteiger partial charge on any atom is -0.506 e. The number of benzene rings is 3. The van der Waals surface area contributed by atoms with Crippen molar-refractivity contribution in [3.8, 4) is 11.5 Å². The lowest BCUT2D eigenvalue weighted by Crippen LogP contribution is -2.30. The van der Waals surface area contributed by atoms with Crippen molar-refractivity contribution in [1.29, 1.82) is 0 Å². The van der Waals surface area contributed by atoms with Crippen LogP contribution >= 0.6 is 0 Å². The van der Waals surface area contributed by atoms with Gasteiger partial charge < -0.3 is 14.6 Å². The van der Waals surface area contributed by atoms with Gasteiger partial charge in [0.15, 0.2) is 0 Å². The van der Waals surface area contributed by atoms with E-state index < -0.39 is 17.7 Å². The molecule has 1 atom stereocenters. The topological polar surface area (TPSA) is 76.1 Å². The first-order valence-electron chi connectivity index (χ1n) is 10.5. The summed E-state index contributed by atoms with van der Waals surface area (Å²) >= 11 is 0. The second-order valence-electron chi connectivity index (χ2n) is 7.91. The summed E-state index contributed by atoms with van der Waals surface area (Å²) in [6.07, 6.45) is 0. The van der Waals surface area contributed by atoms with Gasteiger partial charge in [-0.05, 0) is 43.2 Å². The number of aliphatic hydroxyl groups excluding tert-OH is 1. The van der Waals surface area contributed by atoms with Crippen LogP contribution in [0, 0.1) is 13.8 Å². The molecule has 0 radical (unpaired) electrons. The van der Waals surface area contributed by atoms with Gasteiger partial charge in [0.1, 0.15) is 22.8 Å². The molecule has 1 heterocycles. The lowest BCUT2D eigenvalue weighted by Gasteiger charge is -2.27. The van der Waals surface area contributed by atoms with Crippen LogP contribution in [-0.4, -0.2) is 31.0 Å². The number of anilines is 1. The maximum atomic E-state index is 13.4. The molecule has 6 heteroatoms. The van der Waals surface area contributed by atoms with E-state index in [1.54, 1.807) is 18.2 Å². The first-order valence-corrected chi connectivity index (χ1v) is 10.5. The fourth-order valence-corrected chi connectivity index (χ4v) is 4.33. The molecule has 1 unspecified atom stereocenters. The summed E-state index contributed by atoms with van der Waals surface area (Å²) in [5.74, 6) is -1.16. The number of methoxy groups -OCH3 is 2.